The number of thiazole rings is 1. The number of hydrogen-bond acceptors (Lipinski definition) is 9. The molecule has 0 bridgehead atoms. The summed E-state index contributed by atoms with van der Waals surface area (Å²) < 4.78 is 6.33. The van der Waals surface area contributed by atoms with Crippen LogP contribution >= 0.6 is 23.1 Å². The quantitative estimate of drug-likeness (QED) is 0.307. The summed E-state index contributed by atoms with van der Waals surface area (Å²) >= 11 is 2.44. The Bertz CT molecular complexity index is 1060. The van der Waals surface area contributed by atoms with Crippen LogP contribution < -0.4 is 11.2 Å². The Balaban J connectivity index is 1.59. The molecule has 0 unspecified atom stereocenters. The van der Waals surface area contributed by atoms with Gasteiger partial charge in [-0.05, 0) is 26.3 Å². The Morgan fingerprint density at radius 2 is 2.03 bits per heavy atom. The van der Waals surface area contributed by atoms with E-state index in [1.165, 1.54) is 27.8 Å². The highest BCUT2D eigenvalue weighted by Crippen LogP contribution is 2.26. The number of ether oxygens (including phenoxy) is 1. The van der Waals surface area contributed by atoms with Crippen molar-refractivity contribution in [3.63, 3.8) is 0 Å². The zero-order valence-corrected chi connectivity index (χ0v) is 18.5. The van der Waals surface area contributed by atoms with Crippen LogP contribution in [0, 0.1) is 13.8 Å². The zero-order chi connectivity index (χ0) is 21.7. The number of carbonyl (C=O) groups is 2. The molecule has 0 aliphatic heterocycles. The Morgan fingerprint density at radius 1 is 1.27 bits per heavy atom. The number of anilines is 1. The largest absolute Gasteiger partial charge is 0.466 e. The maximum absolute atomic E-state index is 12.3. The lowest BCUT2D eigenvalue weighted by Gasteiger charge is -2.06. The molecule has 3 rings (SSSR count). The minimum Gasteiger partial charge on any atom is -0.466 e. The second kappa shape index (κ2) is 9.72. The van der Waals surface area contributed by atoms with Crippen LogP contribution in [0.2, 0.25) is 0 Å². The van der Waals surface area contributed by atoms with Crippen LogP contribution in [0.15, 0.2) is 29.4 Å². The number of rotatable bonds is 8. The van der Waals surface area contributed by atoms with Crippen LogP contribution in [0.25, 0.3) is 11.4 Å². The summed E-state index contributed by atoms with van der Waals surface area (Å²) in [5, 5.41) is 11.8. The van der Waals surface area contributed by atoms with E-state index in [1.807, 2.05) is 31.2 Å². The number of nitrogens with one attached hydrogen (secondary N) is 1. The molecule has 3 N–H and O–H groups in total. The maximum atomic E-state index is 12.3. The summed E-state index contributed by atoms with van der Waals surface area (Å²) in [5.41, 5.74) is 2.61. The van der Waals surface area contributed by atoms with Gasteiger partial charge in [0.1, 0.15) is 0 Å². The molecule has 0 fully saturated rings. The van der Waals surface area contributed by atoms with Crippen molar-refractivity contribution in [3.05, 3.63) is 40.4 Å². The lowest BCUT2D eigenvalue weighted by Crippen LogP contribution is -2.16. The molecule has 0 atom stereocenters. The number of nitrogens with zero attached hydrogens (tertiary/aromatic N) is 4. The molecule has 0 saturated carbocycles. The summed E-state index contributed by atoms with van der Waals surface area (Å²) in [5.74, 6) is 6.18. The van der Waals surface area contributed by atoms with Crippen LogP contribution in [0.5, 0.6) is 0 Å². The number of thioether (sulfide) groups is 1. The number of esters is 1. The fourth-order valence-electron chi connectivity index (χ4n) is 2.66. The third-order valence-corrected chi connectivity index (χ3v) is 6.15. The molecule has 0 aliphatic carbocycles. The van der Waals surface area contributed by atoms with Crippen molar-refractivity contribution >= 4 is 40.1 Å². The van der Waals surface area contributed by atoms with Crippen LogP contribution in [-0.2, 0) is 20.7 Å². The second-order valence-electron chi connectivity index (χ2n) is 6.34. The van der Waals surface area contributed by atoms with Crippen molar-refractivity contribution in [1.29, 1.82) is 0 Å². The van der Waals surface area contributed by atoms with Gasteiger partial charge in [-0.3, -0.25) is 9.59 Å². The van der Waals surface area contributed by atoms with E-state index >= 15 is 0 Å². The predicted molar refractivity (Wildman–Crippen MR) is 117 cm³/mol. The lowest BCUT2D eigenvalue weighted by molar-refractivity contribution is -0.142. The smallest absolute Gasteiger partial charge is 0.311 e. The van der Waals surface area contributed by atoms with Crippen LogP contribution in [0.4, 0.5) is 5.13 Å². The average Bonchev–Trinajstić information content (AvgIpc) is 3.23. The van der Waals surface area contributed by atoms with E-state index in [0.717, 1.165) is 16.0 Å². The van der Waals surface area contributed by atoms with Gasteiger partial charge >= 0.3 is 5.97 Å². The van der Waals surface area contributed by atoms with Crippen molar-refractivity contribution in [2.45, 2.75) is 32.3 Å². The fourth-order valence-corrected chi connectivity index (χ4v) is 4.28. The maximum Gasteiger partial charge on any atom is 0.311 e. The van der Waals surface area contributed by atoms with Gasteiger partial charge in [0.15, 0.2) is 11.0 Å². The predicted octanol–water partition coefficient (Wildman–Crippen LogP) is 2.57. The number of aryl methyl sites for hydroxylation is 2. The summed E-state index contributed by atoms with van der Waals surface area (Å²) in [7, 11) is 0. The van der Waals surface area contributed by atoms with E-state index in [0.29, 0.717) is 28.4 Å². The molecular formula is C19H22N6O3S2. The summed E-state index contributed by atoms with van der Waals surface area (Å²) in [6.07, 6.45) is 0.139. The number of carbonyl (C=O) groups excluding carboxylic acids is 2. The molecule has 9 nitrogen and oxygen atoms in total. The van der Waals surface area contributed by atoms with E-state index in [-0.39, 0.29) is 24.1 Å². The lowest BCUT2D eigenvalue weighted by atomic mass is 10.1. The summed E-state index contributed by atoms with van der Waals surface area (Å²) in [6.45, 7) is 5.84. The zero-order valence-electron chi connectivity index (χ0n) is 16.8. The van der Waals surface area contributed by atoms with Crippen molar-refractivity contribution in [2.75, 3.05) is 23.5 Å². The SMILES string of the molecule is CCOC(=O)Cc1sc(NC(=O)CSc2nnc(-c3ccccc3C)n2N)nc1C. The highest BCUT2D eigenvalue weighted by molar-refractivity contribution is 7.99. The summed E-state index contributed by atoms with van der Waals surface area (Å²) in [6, 6.07) is 7.73. The normalized spacial score (nSPS) is 10.8. The third-order valence-electron chi connectivity index (χ3n) is 4.13. The van der Waals surface area contributed by atoms with Crippen molar-refractivity contribution in [1.82, 2.24) is 19.9 Å². The van der Waals surface area contributed by atoms with Crippen molar-refractivity contribution < 1.29 is 14.3 Å². The Labute approximate surface area is 182 Å². The van der Waals surface area contributed by atoms with Crippen LogP contribution in [-0.4, -0.2) is 44.1 Å². The topological polar surface area (TPSA) is 125 Å². The molecule has 30 heavy (non-hydrogen) atoms. The average molecular weight is 447 g/mol. The minimum atomic E-state index is -0.315. The number of benzene rings is 1. The van der Waals surface area contributed by atoms with E-state index in [4.69, 9.17) is 10.6 Å². The van der Waals surface area contributed by atoms with E-state index < -0.39 is 0 Å². The molecule has 0 saturated heterocycles. The second-order valence-corrected chi connectivity index (χ2v) is 8.36. The van der Waals surface area contributed by atoms with E-state index in [2.05, 4.69) is 20.5 Å². The van der Waals surface area contributed by atoms with Gasteiger partial charge in [-0.15, -0.1) is 21.5 Å². The number of amides is 1. The van der Waals surface area contributed by atoms with Gasteiger partial charge in [0, 0.05) is 10.4 Å². The first kappa shape index (κ1) is 21.8. The van der Waals surface area contributed by atoms with Gasteiger partial charge in [-0.2, -0.15) is 0 Å². The molecule has 0 radical (unpaired) electrons. The van der Waals surface area contributed by atoms with Gasteiger partial charge in [0.25, 0.3) is 0 Å². The molecular weight excluding hydrogens is 424 g/mol. The van der Waals surface area contributed by atoms with Gasteiger partial charge in [0.2, 0.25) is 11.1 Å². The van der Waals surface area contributed by atoms with E-state index in [9.17, 15) is 9.59 Å². The molecule has 158 valence electrons. The van der Waals surface area contributed by atoms with Gasteiger partial charge in [0.05, 0.1) is 24.5 Å². The molecule has 2 heterocycles. The highest BCUT2D eigenvalue weighted by Gasteiger charge is 2.17. The first-order valence-electron chi connectivity index (χ1n) is 9.20. The minimum absolute atomic E-state index is 0.0922. The number of nitrogens with two attached hydrogens (primary N) is 1. The third kappa shape index (κ3) is 5.16. The van der Waals surface area contributed by atoms with Crippen molar-refractivity contribution in [3.8, 4) is 11.4 Å². The standard InChI is InChI=1S/C19H22N6O3S2/c1-4-28-16(27)9-14-12(3)21-18(30-14)22-15(26)10-29-19-24-23-17(25(19)20)13-8-6-5-7-11(13)2/h5-8H,4,9-10,20H2,1-3H3,(H,21,22,26). The molecule has 1 aromatic carbocycles. The van der Waals surface area contributed by atoms with Gasteiger partial charge in [-0.1, -0.05) is 36.0 Å². The Kier molecular flexibility index (Phi) is 7.06. The molecule has 2 aromatic heterocycles. The van der Waals surface area contributed by atoms with Crippen LogP contribution in [0.3, 0.4) is 0 Å². The number of aromatic nitrogens is 4. The molecule has 0 spiro atoms. The fraction of sp³-hybridized carbons (Fsp3) is 0.316. The molecule has 11 heteroatoms. The summed E-state index contributed by atoms with van der Waals surface area (Å²) in [4.78, 5) is 29.0. The van der Waals surface area contributed by atoms with E-state index in [1.54, 1.807) is 13.8 Å². The number of nitrogen functional groups attached to an aromatic ring is 1. The molecule has 3 aromatic rings. The number of hydrogen-bond donors (Lipinski definition) is 2. The first-order chi connectivity index (χ1) is 14.4. The van der Waals surface area contributed by atoms with Crippen molar-refractivity contribution in [2.24, 2.45) is 0 Å². The molecule has 0 aliphatic rings. The van der Waals surface area contributed by atoms with Gasteiger partial charge in [-0.25, -0.2) is 9.66 Å². The van der Waals surface area contributed by atoms with Gasteiger partial charge < -0.3 is 15.9 Å². The monoisotopic (exact) mass is 446 g/mol. The first-order valence-corrected chi connectivity index (χ1v) is 11.0. The van der Waals surface area contributed by atoms with Crippen LogP contribution in [0.1, 0.15) is 23.1 Å². The highest BCUT2D eigenvalue weighted by atomic mass is 32.2. The Morgan fingerprint density at radius 3 is 2.77 bits per heavy atom. The Hall–Kier alpha value is -2.92. The molecule has 1 amide bonds.